The molecule has 0 saturated carbocycles. The Morgan fingerprint density at radius 1 is 0.706 bits per heavy atom. The van der Waals surface area contributed by atoms with Crippen LogP contribution in [0.25, 0.3) is 11.1 Å². The lowest BCUT2D eigenvalue weighted by atomic mass is 10.0. The number of nitrogen functional groups attached to an aromatic ring is 1. The summed E-state index contributed by atoms with van der Waals surface area (Å²) < 4.78 is 53.5. The second kappa shape index (κ2) is 4.08. The summed E-state index contributed by atoms with van der Waals surface area (Å²) in [5, 5.41) is 0. The molecule has 0 radical (unpaired) electrons. The minimum absolute atomic E-state index is 0.0419. The van der Waals surface area contributed by atoms with Gasteiger partial charge in [-0.15, -0.1) is 0 Å². The molecule has 2 rings (SSSR count). The Morgan fingerprint density at radius 3 is 1.65 bits per heavy atom. The molecule has 0 aliphatic rings. The largest absolute Gasteiger partial charge is 0.394 e. The van der Waals surface area contributed by atoms with Crippen LogP contribution in [-0.2, 0) is 0 Å². The number of rotatable bonds is 1. The molecular formula is C12H7F4N. The predicted molar refractivity (Wildman–Crippen MR) is 56.1 cm³/mol. The molecule has 0 aliphatic carbocycles. The third kappa shape index (κ3) is 1.73. The highest BCUT2D eigenvalue weighted by atomic mass is 19.2. The minimum atomic E-state index is -1.58. The molecule has 0 saturated heterocycles. The SMILES string of the molecule is Nc1c(F)c(F)c(-c2ccccc2)c(F)c1F. The van der Waals surface area contributed by atoms with Gasteiger partial charge in [0.15, 0.2) is 23.3 Å². The van der Waals surface area contributed by atoms with E-state index in [9.17, 15) is 17.6 Å². The summed E-state index contributed by atoms with van der Waals surface area (Å²) in [6.07, 6.45) is 0. The van der Waals surface area contributed by atoms with Crippen LogP contribution in [0.15, 0.2) is 30.3 Å². The van der Waals surface area contributed by atoms with Crippen molar-refractivity contribution in [3.8, 4) is 11.1 Å². The molecule has 2 aromatic carbocycles. The summed E-state index contributed by atoms with van der Waals surface area (Å²) in [5.41, 5.74) is 3.03. The van der Waals surface area contributed by atoms with Crippen molar-refractivity contribution in [3.63, 3.8) is 0 Å². The molecule has 17 heavy (non-hydrogen) atoms. The van der Waals surface area contributed by atoms with Crippen molar-refractivity contribution >= 4 is 5.69 Å². The van der Waals surface area contributed by atoms with E-state index in [2.05, 4.69) is 0 Å². The van der Waals surface area contributed by atoms with Crippen LogP contribution in [0.5, 0.6) is 0 Å². The summed E-state index contributed by atoms with van der Waals surface area (Å²) in [6, 6.07) is 7.30. The van der Waals surface area contributed by atoms with Crippen molar-refractivity contribution in [1.82, 2.24) is 0 Å². The standard InChI is InChI=1S/C12H7F4N/c13-8-7(6-4-2-1-3-5-6)9(14)11(16)12(17)10(8)15/h1-5H,17H2. The lowest BCUT2D eigenvalue weighted by Crippen LogP contribution is -2.05. The Kier molecular flexibility index (Phi) is 2.75. The van der Waals surface area contributed by atoms with Crippen LogP contribution in [0.1, 0.15) is 0 Å². The Balaban J connectivity index is 2.80. The van der Waals surface area contributed by atoms with Gasteiger partial charge < -0.3 is 5.73 Å². The van der Waals surface area contributed by atoms with Gasteiger partial charge in [-0.1, -0.05) is 30.3 Å². The van der Waals surface area contributed by atoms with Gasteiger partial charge in [0, 0.05) is 0 Å². The molecule has 0 fully saturated rings. The monoisotopic (exact) mass is 241 g/mol. The number of hydrogen-bond donors (Lipinski definition) is 1. The maximum atomic E-state index is 13.5. The molecule has 2 N–H and O–H groups in total. The highest BCUT2D eigenvalue weighted by molar-refractivity contribution is 5.68. The van der Waals surface area contributed by atoms with Crippen molar-refractivity contribution in [2.75, 3.05) is 5.73 Å². The van der Waals surface area contributed by atoms with E-state index in [4.69, 9.17) is 5.73 Å². The van der Waals surface area contributed by atoms with Crippen LogP contribution in [0, 0.1) is 23.3 Å². The molecule has 0 unspecified atom stereocenters. The van der Waals surface area contributed by atoms with Gasteiger partial charge in [-0.25, -0.2) is 17.6 Å². The average Bonchev–Trinajstić information content (AvgIpc) is 2.36. The maximum absolute atomic E-state index is 13.5. The molecule has 0 aliphatic heterocycles. The highest BCUT2D eigenvalue weighted by Crippen LogP contribution is 2.32. The highest BCUT2D eigenvalue weighted by Gasteiger charge is 2.24. The lowest BCUT2D eigenvalue weighted by molar-refractivity contribution is 0.464. The van der Waals surface area contributed by atoms with Gasteiger partial charge in [-0.3, -0.25) is 0 Å². The van der Waals surface area contributed by atoms with E-state index in [0.29, 0.717) is 0 Å². The molecule has 0 heterocycles. The third-order valence-electron chi connectivity index (χ3n) is 2.36. The fourth-order valence-corrected chi connectivity index (χ4v) is 1.51. The zero-order valence-electron chi connectivity index (χ0n) is 8.48. The number of halogens is 4. The predicted octanol–water partition coefficient (Wildman–Crippen LogP) is 3.49. The summed E-state index contributed by atoms with van der Waals surface area (Å²) in [7, 11) is 0. The van der Waals surface area contributed by atoms with E-state index in [-0.39, 0.29) is 5.56 Å². The fraction of sp³-hybridized carbons (Fsp3) is 0. The van der Waals surface area contributed by atoms with Gasteiger partial charge in [0.25, 0.3) is 0 Å². The smallest absolute Gasteiger partial charge is 0.185 e. The molecule has 0 aromatic heterocycles. The third-order valence-corrected chi connectivity index (χ3v) is 2.36. The van der Waals surface area contributed by atoms with Gasteiger partial charge in [0.2, 0.25) is 0 Å². The average molecular weight is 241 g/mol. The molecule has 0 spiro atoms. The zero-order chi connectivity index (χ0) is 12.6. The van der Waals surface area contributed by atoms with Gasteiger partial charge >= 0.3 is 0 Å². The molecule has 0 atom stereocenters. The van der Waals surface area contributed by atoms with E-state index in [0.717, 1.165) is 0 Å². The van der Waals surface area contributed by atoms with Crippen LogP contribution < -0.4 is 5.73 Å². The van der Waals surface area contributed by atoms with Crippen LogP contribution in [-0.4, -0.2) is 0 Å². The summed E-state index contributed by atoms with van der Waals surface area (Å²) >= 11 is 0. The molecule has 5 heteroatoms. The topological polar surface area (TPSA) is 26.0 Å². The van der Waals surface area contributed by atoms with Crippen molar-refractivity contribution < 1.29 is 17.6 Å². The quantitative estimate of drug-likeness (QED) is 0.461. The Bertz CT molecular complexity index is 537. The van der Waals surface area contributed by atoms with Gasteiger partial charge in [-0.2, -0.15) is 0 Å². The number of benzene rings is 2. The second-order valence-electron chi connectivity index (χ2n) is 3.41. The van der Waals surface area contributed by atoms with Gasteiger partial charge in [0.1, 0.15) is 5.69 Å². The van der Waals surface area contributed by atoms with Crippen molar-refractivity contribution in [3.05, 3.63) is 53.6 Å². The Hall–Kier alpha value is -2.04. The molecule has 2 aromatic rings. The Labute approximate surface area is 94.5 Å². The number of hydrogen-bond acceptors (Lipinski definition) is 1. The summed E-state index contributed by atoms with van der Waals surface area (Å²) in [4.78, 5) is 0. The normalized spacial score (nSPS) is 10.6. The van der Waals surface area contributed by atoms with Gasteiger partial charge in [-0.05, 0) is 5.56 Å². The van der Waals surface area contributed by atoms with E-state index in [1.54, 1.807) is 6.07 Å². The van der Waals surface area contributed by atoms with Crippen molar-refractivity contribution in [2.24, 2.45) is 0 Å². The van der Waals surface area contributed by atoms with Crippen LogP contribution in [0.4, 0.5) is 23.2 Å². The Morgan fingerprint density at radius 2 is 1.18 bits per heavy atom. The van der Waals surface area contributed by atoms with Crippen LogP contribution >= 0.6 is 0 Å². The van der Waals surface area contributed by atoms with E-state index >= 15 is 0 Å². The first-order valence-corrected chi connectivity index (χ1v) is 4.71. The maximum Gasteiger partial charge on any atom is 0.185 e. The van der Waals surface area contributed by atoms with Gasteiger partial charge in [0.05, 0.1) is 5.56 Å². The second-order valence-corrected chi connectivity index (χ2v) is 3.41. The summed E-state index contributed by atoms with van der Waals surface area (Å²) in [5.74, 6) is -6.15. The van der Waals surface area contributed by atoms with Crippen LogP contribution in [0.2, 0.25) is 0 Å². The molecule has 0 amide bonds. The van der Waals surface area contributed by atoms with Crippen molar-refractivity contribution in [1.29, 1.82) is 0 Å². The molecule has 88 valence electrons. The lowest BCUT2D eigenvalue weighted by Gasteiger charge is -2.09. The van der Waals surface area contributed by atoms with Crippen molar-refractivity contribution in [2.45, 2.75) is 0 Å². The molecule has 0 bridgehead atoms. The number of nitrogens with two attached hydrogens (primary N) is 1. The zero-order valence-corrected chi connectivity index (χ0v) is 8.48. The molecular weight excluding hydrogens is 234 g/mol. The first-order chi connectivity index (χ1) is 8.04. The fourth-order valence-electron chi connectivity index (χ4n) is 1.51. The van der Waals surface area contributed by atoms with E-state index in [1.165, 1.54) is 24.3 Å². The van der Waals surface area contributed by atoms with E-state index in [1.807, 2.05) is 0 Å². The van der Waals surface area contributed by atoms with Crippen LogP contribution in [0.3, 0.4) is 0 Å². The first kappa shape index (κ1) is 11.4. The molecule has 1 nitrogen and oxygen atoms in total. The number of anilines is 1. The summed E-state index contributed by atoms with van der Waals surface area (Å²) in [6.45, 7) is 0. The minimum Gasteiger partial charge on any atom is -0.394 e. The first-order valence-electron chi connectivity index (χ1n) is 4.71. The van der Waals surface area contributed by atoms with E-state index < -0.39 is 34.5 Å².